The highest BCUT2D eigenvalue weighted by Gasteiger charge is 2.25. The van der Waals surface area contributed by atoms with E-state index in [1.54, 1.807) is 0 Å². The Kier molecular flexibility index (Phi) is 4.13. The van der Waals surface area contributed by atoms with Crippen molar-refractivity contribution >= 4 is 27.6 Å². The van der Waals surface area contributed by atoms with Crippen LogP contribution >= 0.6 is 11.6 Å². The maximum atomic E-state index is 12.0. The van der Waals surface area contributed by atoms with E-state index >= 15 is 0 Å². The zero-order valence-corrected chi connectivity index (χ0v) is 11.2. The molecule has 0 bridgehead atoms. The van der Waals surface area contributed by atoms with E-state index < -0.39 is 16.0 Å². The predicted octanol–water partition coefficient (Wildman–Crippen LogP) is 1.38. The zero-order valence-electron chi connectivity index (χ0n) is 9.60. The van der Waals surface area contributed by atoms with Crippen LogP contribution in [0.4, 0.5) is 0 Å². The smallest absolute Gasteiger partial charge is 0.339 e. The molecule has 0 saturated carbocycles. The Balaban J connectivity index is 3.51. The van der Waals surface area contributed by atoms with E-state index in [-0.39, 0.29) is 15.5 Å². The van der Waals surface area contributed by atoms with Gasteiger partial charge in [0.05, 0.1) is 17.6 Å². The summed E-state index contributed by atoms with van der Waals surface area (Å²) in [6.07, 6.45) is 0. The molecule has 0 fully saturated rings. The van der Waals surface area contributed by atoms with Crippen molar-refractivity contribution in [3.63, 3.8) is 0 Å². The first kappa shape index (κ1) is 14.0. The summed E-state index contributed by atoms with van der Waals surface area (Å²) in [4.78, 5) is 11.3. The zero-order chi connectivity index (χ0) is 13.2. The lowest BCUT2D eigenvalue weighted by atomic mass is 10.2. The Morgan fingerprint density at radius 1 is 1.35 bits per heavy atom. The summed E-state index contributed by atoms with van der Waals surface area (Å²) in [6, 6.07) is 3.98. The molecule has 0 N–H and O–H groups in total. The van der Waals surface area contributed by atoms with Crippen molar-refractivity contribution in [2.24, 2.45) is 0 Å². The van der Waals surface area contributed by atoms with Crippen LogP contribution in [0.1, 0.15) is 10.4 Å². The molecule has 0 amide bonds. The second kappa shape index (κ2) is 5.03. The molecule has 0 heterocycles. The number of nitrogens with zero attached hydrogens (tertiary/aromatic N) is 1. The molecule has 0 aliphatic heterocycles. The van der Waals surface area contributed by atoms with Crippen LogP contribution in [-0.4, -0.2) is 39.9 Å². The highest BCUT2D eigenvalue weighted by atomic mass is 35.5. The van der Waals surface area contributed by atoms with Gasteiger partial charge in [0.1, 0.15) is 0 Å². The minimum absolute atomic E-state index is 0.0365. The van der Waals surface area contributed by atoms with Crippen molar-refractivity contribution in [1.29, 1.82) is 0 Å². The van der Waals surface area contributed by atoms with Crippen LogP contribution < -0.4 is 0 Å². The topological polar surface area (TPSA) is 63.7 Å². The molecule has 0 atom stereocenters. The molecular formula is C10H12ClNO4S. The summed E-state index contributed by atoms with van der Waals surface area (Å²) in [5, 5.41) is 0.234. The highest BCUT2D eigenvalue weighted by molar-refractivity contribution is 7.89. The summed E-state index contributed by atoms with van der Waals surface area (Å²) in [6.45, 7) is 0. The van der Waals surface area contributed by atoms with E-state index in [1.807, 2.05) is 0 Å². The van der Waals surface area contributed by atoms with Crippen molar-refractivity contribution in [1.82, 2.24) is 4.31 Å². The van der Waals surface area contributed by atoms with Crippen molar-refractivity contribution < 1.29 is 17.9 Å². The van der Waals surface area contributed by atoms with Crippen molar-refractivity contribution in [2.75, 3.05) is 21.2 Å². The number of carbonyl (C=O) groups is 1. The number of esters is 1. The fraction of sp³-hybridized carbons (Fsp3) is 0.300. The number of hydrogen-bond donors (Lipinski definition) is 0. The fourth-order valence-corrected chi connectivity index (χ4v) is 2.52. The van der Waals surface area contributed by atoms with E-state index in [0.717, 1.165) is 4.31 Å². The van der Waals surface area contributed by atoms with Crippen LogP contribution in [0.25, 0.3) is 0 Å². The molecule has 0 spiro atoms. The number of methoxy groups -OCH3 is 1. The van der Waals surface area contributed by atoms with Gasteiger partial charge in [0.25, 0.3) is 0 Å². The maximum absolute atomic E-state index is 12.0. The number of rotatable bonds is 3. The third-order valence-electron chi connectivity index (χ3n) is 2.11. The van der Waals surface area contributed by atoms with Crippen molar-refractivity contribution in [2.45, 2.75) is 4.90 Å². The van der Waals surface area contributed by atoms with Crippen molar-refractivity contribution in [3.05, 3.63) is 28.8 Å². The lowest BCUT2D eigenvalue weighted by molar-refractivity contribution is 0.0596. The Bertz CT molecular complexity index is 539. The second-order valence-corrected chi connectivity index (χ2v) is 5.98. The van der Waals surface area contributed by atoms with Crippen LogP contribution in [0.5, 0.6) is 0 Å². The van der Waals surface area contributed by atoms with E-state index in [0.29, 0.717) is 0 Å². The van der Waals surface area contributed by atoms with E-state index in [1.165, 1.54) is 39.4 Å². The molecule has 0 aromatic heterocycles. The first-order chi connectivity index (χ1) is 7.80. The lowest BCUT2D eigenvalue weighted by Gasteiger charge is -2.14. The van der Waals surface area contributed by atoms with Gasteiger partial charge in [-0.05, 0) is 18.2 Å². The molecule has 17 heavy (non-hydrogen) atoms. The molecule has 0 aliphatic rings. The molecule has 7 heteroatoms. The third kappa shape index (κ3) is 2.77. The Morgan fingerprint density at radius 3 is 2.41 bits per heavy atom. The van der Waals surface area contributed by atoms with Gasteiger partial charge in [-0.2, -0.15) is 0 Å². The summed E-state index contributed by atoms with van der Waals surface area (Å²) in [7, 11) is 0.191. The summed E-state index contributed by atoms with van der Waals surface area (Å²) < 4.78 is 29.5. The van der Waals surface area contributed by atoms with Gasteiger partial charge in [0, 0.05) is 19.1 Å². The van der Waals surface area contributed by atoms with Gasteiger partial charge in [-0.1, -0.05) is 11.6 Å². The molecule has 1 rings (SSSR count). The summed E-state index contributed by atoms with van der Waals surface area (Å²) in [5.41, 5.74) is -0.0365. The summed E-state index contributed by atoms with van der Waals surface area (Å²) >= 11 is 5.74. The average Bonchev–Trinajstić information content (AvgIpc) is 2.27. The SMILES string of the molecule is COC(=O)c1ccc(Cl)cc1S(=O)(=O)N(C)C. The molecule has 0 unspecified atom stereocenters. The minimum Gasteiger partial charge on any atom is -0.465 e. The first-order valence-electron chi connectivity index (χ1n) is 4.61. The number of carbonyl (C=O) groups excluding carboxylic acids is 1. The third-order valence-corrected chi connectivity index (χ3v) is 4.20. The standard InChI is InChI=1S/C10H12ClNO4S/c1-12(2)17(14,15)9-6-7(11)4-5-8(9)10(13)16-3/h4-6H,1-3H3. The fourth-order valence-electron chi connectivity index (χ4n) is 1.18. The minimum atomic E-state index is -3.74. The quantitative estimate of drug-likeness (QED) is 0.783. The molecular weight excluding hydrogens is 266 g/mol. The summed E-state index contributed by atoms with van der Waals surface area (Å²) in [5.74, 6) is -0.720. The van der Waals surface area contributed by atoms with Gasteiger partial charge in [0.2, 0.25) is 10.0 Å². The van der Waals surface area contributed by atoms with Crippen LogP contribution in [0, 0.1) is 0 Å². The Labute approximate surface area is 105 Å². The maximum Gasteiger partial charge on any atom is 0.339 e. The first-order valence-corrected chi connectivity index (χ1v) is 6.43. The molecule has 5 nitrogen and oxygen atoms in total. The van der Waals surface area contributed by atoms with Gasteiger partial charge < -0.3 is 4.74 Å². The number of hydrogen-bond acceptors (Lipinski definition) is 4. The van der Waals surface area contributed by atoms with Crippen LogP contribution in [-0.2, 0) is 14.8 Å². The van der Waals surface area contributed by atoms with Crippen LogP contribution in [0.15, 0.2) is 23.1 Å². The largest absolute Gasteiger partial charge is 0.465 e. The molecule has 1 aromatic rings. The molecule has 1 aromatic carbocycles. The number of sulfonamides is 1. The number of halogens is 1. The van der Waals surface area contributed by atoms with Gasteiger partial charge in [0.15, 0.2) is 0 Å². The van der Waals surface area contributed by atoms with Gasteiger partial charge >= 0.3 is 5.97 Å². The average molecular weight is 278 g/mol. The van der Waals surface area contributed by atoms with E-state index in [4.69, 9.17) is 11.6 Å². The lowest BCUT2D eigenvalue weighted by Crippen LogP contribution is -2.24. The van der Waals surface area contributed by atoms with E-state index in [2.05, 4.69) is 4.74 Å². The van der Waals surface area contributed by atoms with Crippen LogP contribution in [0.2, 0.25) is 5.02 Å². The van der Waals surface area contributed by atoms with Gasteiger partial charge in [-0.25, -0.2) is 17.5 Å². The molecule has 0 saturated heterocycles. The van der Waals surface area contributed by atoms with Crippen LogP contribution in [0.3, 0.4) is 0 Å². The number of benzene rings is 1. The Hall–Kier alpha value is -1.11. The monoisotopic (exact) mass is 277 g/mol. The van der Waals surface area contributed by atoms with Gasteiger partial charge in [-0.3, -0.25) is 0 Å². The van der Waals surface area contributed by atoms with Gasteiger partial charge in [-0.15, -0.1) is 0 Å². The predicted molar refractivity (Wildman–Crippen MR) is 63.7 cm³/mol. The molecule has 94 valence electrons. The Morgan fingerprint density at radius 2 is 1.94 bits per heavy atom. The van der Waals surface area contributed by atoms with E-state index in [9.17, 15) is 13.2 Å². The number of ether oxygens (including phenoxy) is 1. The van der Waals surface area contributed by atoms with Crippen molar-refractivity contribution in [3.8, 4) is 0 Å². The molecule has 0 aliphatic carbocycles. The second-order valence-electron chi connectivity index (χ2n) is 3.42. The molecule has 0 radical (unpaired) electrons. The highest BCUT2D eigenvalue weighted by Crippen LogP contribution is 2.23. The normalized spacial score (nSPS) is 11.6.